The Morgan fingerprint density at radius 2 is 1.86 bits per heavy atom. The number of amides is 2. The summed E-state index contributed by atoms with van der Waals surface area (Å²) < 4.78 is 0. The van der Waals surface area contributed by atoms with Crippen molar-refractivity contribution in [1.29, 1.82) is 5.26 Å². The van der Waals surface area contributed by atoms with Gasteiger partial charge in [0.1, 0.15) is 17.3 Å². The molecule has 2 aliphatic heterocycles. The number of nitrogens with zero attached hydrogens (tertiary/aromatic N) is 5. The highest BCUT2D eigenvalue weighted by molar-refractivity contribution is 5.93. The zero-order valence-electron chi connectivity index (χ0n) is 15.9. The number of hydrogen-bond donors (Lipinski definition) is 1. The quantitative estimate of drug-likeness (QED) is 0.861. The third kappa shape index (κ3) is 3.36. The normalized spacial score (nSPS) is 18.2. The molecule has 1 spiro atoms. The number of para-hydroxylation sites is 1. The molecular weight excluding hydrogens is 370 g/mol. The van der Waals surface area contributed by atoms with Crippen molar-refractivity contribution in [2.45, 2.75) is 24.9 Å². The maximum absolute atomic E-state index is 13.5. The molecule has 0 unspecified atom stereocenters. The van der Waals surface area contributed by atoms with E-state index in [1.54, 1.807) is 23.1 Å². The predicted molar refractivity (Wildman–Crippen MR) is 105 cm³/mol. The van der Waals surface area contributed by atoms with Crippen molar-refractivity contribution in [3.63, 3.8) is 0 Å². The summed E-state index contributed by atoms with van der Waals surface area (Å²) in [5.41, 5.74) is 1.15. The van der Waals surface area contributed by atoms with Gasteiger partial charge in [-0.25, -0.2) is 9.78 Å². The number of benzene rings is 1. The largest absolute Gasteiger partial charge is 0.465 e. The van der Waals surface area contributed by atoms with E-state index in [1.807, 2.05) is 36.4 Å². The van der Waals surface area contributed by atoms with E-state index in [-0.39, 0.29) is 5.91 Å². The number of aromatic nitrogens is 1. The molecule has 4 rings (SSSR count). The zero-order valence-corrected chi connectivity index (χ0v) is 15.9. The molecule has 0 radical (unpaired) electrons. The summed E-state index contributed by atoms with van der Waals surface area (Å²) in [4.78, 5) is 34.4. The number of pyridine rings is 1. The number of piperidine rings is 1. The summed E-state index contributed by atoms with van der Waals surface area (Å²) in [6, 6.07) is 17.0. The second-order valence-corrected chi connectivity index (χ2v) is 7.34. The van der Waals surface area contributed by atoms with Crippen LogP contribution in [0.15, 0.2) is 48.5 Å². The predicted octanol–water partition coefficient (Wildman–Crippen LogP) is 2.27. The van der Waals surface area contributed by atoms with E-state index in [9.17, 15) is 14.7 Å². The van der Waals surface area contributed by atoms with Gasteiger partial charge in [0.2, 0.25) is 5.91 Å². The first-order valence-electron chi connectivity index (χ1n) is 9.49. The van der Waals surface area contributed by atoms with E-state index < -0.39 is 11.6 Å². The van der Waals surface area contributed by atoms with Crippen molar-refractivity contribution >= 4 is 17.7 Å². The summed E-state index contributed by atoms with van der Waals surface area (Å²) in [5.74, 6) is -0.0180. The standard InChI is InChI=1S/C21H21N5O3/c22-13-16-5-4-6-17(23-16)14-25-15-26(18-7-2-1-3-8-18)21(19(25)27)9-11-24(12-10-21)20(28)29/h1-8H,9-12,14-15H2,(H,28,29). The van der Waals surface area contributed by atoms with Gasteiger partial charge in [-0.2, -0.15) is 5.26 Å². The molecule has 2 aliphatic rings. The Labute approximate surface area is 168 Å². The van der Waals surface area contributed by atoms with E-state index in [2.05, 4.69) is 9.88 Å². The van der Waals surface area contributed by atoms with Crippen molar-refractivity contribution in [3.8, 4) is 6.07 Å². The fourth-order valence-corrected chi connectivity index (χ4v) is 4.22. The van der Waals surface area contributed by atoms with E-state index in [0.717, 1.165) is 5.69 Å². The topological polar surface area (TPSA) is 101 Å². The average molecular weight is 391 g/mol. The zero-order chi connectivity index (χ0) is 20.4. The number of carbonyl (C=O) groups is 2. The van der Waals surface area contributed by atoms with Gasteiger partial charge in [-0.05, 0) is 37.1 Å². The SMILES string of the molecule is N#Cc1cccc(CN2CN(c3ccccc3)C3(CCN(C(=O)O)CC3)C2=O)n1. The van der Waals surface area contributed by atoms with Crippen molar-refractivity contribution in [2.24, 2.45) is 0 Å². The lowest BCUT2D eigenvalue weighted by molar-refractivity contribution is -0.134. The molecule has 2 saturated heterocycles. The summed E-state index contributed by atoms with van der Waals surface area (Å²) in [6.07, 6.45) is -0.0735. The first-order valence-corrected chi connectivity index (χ1v) is 9.49. The molecule has 2 fully saturated rings. The second kappa shape index (κ2) is 7.43. The maximum atomic E-state index is 13.5. The van der Waals surface area contributed by atoms with Crippen molar-refractivity contribution in [3.05, 3.63) is 59.9 Å². The van der Waals surface area contributed by atoms with E-state index in [4.69, 9.17) is 5.26 Å². The molecule has 29 heavy (non-hydrogen) atoms. The summed E-state index contributed by atoms with van der Waals surface area (Å²) in [7, 11) is 0. The molecule has 0 atom stereocenters. The van der Waals surface area contributed by atoms with Crippen LogP contribution in [-0.2, 0) is 11.3 Å². The Kier molecular flexibility index (Phi) is 4.80. The lowest BCUT2D eigenvalue weighted by Gasteiger charge is -2.42. The average Bonchev–Trinajstić information content (AvgIpc) is 3.01. The molecule has 1 aromatic carbocycles. The van der Waals surface area contributed by atoms with Gasteiger partial charge in [0.15, 0.2) is 0 Å². The van der Waals surface area contributed by atoms with Crippen LogP contribution in [0.1, 0.15) is 24.2 Å². The first-order chi connectivity index (χ1) is 14.0. The molecular formula is C21H21N5O3. The smallest absolute Gasteiger partial charge is 0.407 e. The molecule has 8 heteroatoms. The van der Waals surface area contributed by atoms with Crippen LogP contribution in [0.5, 0.6) is 0 Å². The van der Waals surface area contributed by atoms with Crippen molar-refractivity contribution in [1.82, 2.24) is 14.8 Å². The monoisotopic (exact) mass is 391 g/mol. The summed E-state index contributed by atoms with van der Waals surface area (Å²) >= 11 is 0. The van der Waals surface area contributed by atoms with Gasteiger partial charge in [-0.15, -0.1) is 0 Å². The fourth-order valence-electron chi connectivity index (χ4n) is 4.22. The summed E-state index contributed by atoms with van der Waals surface area (Å²) in [5, 5.41) is 18.4. The summed E-state index contributed by atoms with van der Waals surface area (Å²) in [6.45, 7) is 1.34. The minimum atomic E-state index is -0.953. The van der Waals surface area contributed by atoms with Crippen LogP contribution in [0.25, 0.3) is 0 Å². The van der Waals surface area contributed by atoms with E-state index >= 15 is 0 Å². The molecule has 2 aromatic rings. The van der Waals surface area contributed by atoms with Crippen LogP contribution in [0.2, 0.25) is 0 Å². The van der Waals surface area contributed by atoms with Crippen LogP contribution in [0.3, 0.4) is 0 Å². The number of anilines is 1. The minimum Gasteiger partial charge on any atom is -0.465 e. The minimum absolute atomic E-state index is 0.0180. The van der Waals surface area contributed by atoms with Gasteiger partial charge in [-0.1, -0.05) is 24.3 Å². The molecule has 148 valence electrons. The van der Waals surface area contributed by atoms with Gasteiger partial charge < -0.3 is 19.8 Å². The van der Waals surface area contributed by atoms with Crippen LogP contribution in [-0.4, -0.2) is 57.2 Å². The van der Waals surface area contributed by atoms with Crippen LogP contribution < -0.4 is 4.90 Å². The Morgan fingerprint density at radius 1 is 1.14 bits per heavy atom. The van der Waals surface area contributed by atoms with Gasteiger partial charge in [0, 0.05) is 18.8 Å². The fraction of sp³-hybridized carbons (Fsp3) is 0.333. The number of likely N-dealkylation sites (tertiary alicyclic amines) is 1. The maximum Gasteiger partial charge on any atom is 0.407 e. The number of rotatable bonds is 3. The third-order valence-corrected chi connectivity index (χ3v) is 5.72. The van der Waals surface area contributed by atoms with Crippen molar-refractivity contribution in [2.75, 3.05) is 24.7 Å². The van der Waals surface area contributed by atoms with Gasteiger partial charge in [0.25, 0.3) is 0 Å². The molecule has 0 bridgehead atoms. The van der Waals surface area contributed by atoms with Gasteiger partial charge >= 0.3 is 6.09 Å². The first kappa shape index (κ1) is 18.7. The van der Waals surface area contributed by atoms with Crippen molar-refractivity contribution < 1.29 is 14.7 Å². The Bertz CT molecular complexity index is 964. The van der Waals surface area contributed by atoms with Crippen LogP contribution in [0.4, 0.5) is 10.5 Å². The lowest BCUT2D eigenvalue weighted by atomic mass is 9.85. The van der Waals surface area contributed by atoms with E-state index in [0.29, 0.717) is 50.5 Å². The Balaban J connectivity index is 1.64. The molecule has 2 amide bonds. The third-order valence-electron chi connectivity index (χ3n) is 5.72. The van der Waals surface area contributed by atoms with Gasteiger partial charge in [0.05, 0.1) is 18.9 Å². The molecule has 0 saturated carbocycles. The Hall–Kier alpha value is -3.60. The highest BCUT2D eigenvalue weighted by atomic mass is 16.4. The van der Waals surface area contributed by atoms with E-state index in [1.165, 1.54) is 4.90 Å². The molecule has 1 N–H and O–H groups in total. The number of nitriles is 1. The number of carboxylic acid groups (broad SMARTS) is 1. The molecule has 1 aromatic heterocycles. The molecule has 3 heterocycles. The second-order valence-electron chi connectivity index (χ2n) is 7.34. The number of carbonyl (C=O) groups excluding carboxylic acids is 1. The highest BCUT2D eigenvalue weighted by Gasteiger charge is 2.54. The van der Waals surface area contributed by atoms with Crippen LogP contribution >= 0.6 is 0 Å². The lowest BCUT2D eigenvalue weighted by Crippen LogP contribution is -2.57. The molecule has 8 nitrogen and oxygen atoms in total. The number of hydrogen-bond acceptors (Lipinski definition) is 5. The molecule has 0 aliphatic carbocycles. The highest BCUT2D eigenvalue weighted by Crippen LogP contribution is 2.39. The Morgan fingerprint density at radius 3 is 2.52 bits per heavy atom. The van der Waals surface area contributed by atoms with Gasteiger partial charge in [-0.3, -0.25) is 4.79 Å². The van der Waals surface area contributed by atoms with Crippen LogP contribution in [0, 0.1) is 11.3 Å².